The predicted molar refractivity (Wildman–Crippen MR) is 136 cm³/mol. The minimum atomic E-state index is -4.06. The standard InChI is InChI=1S/C25H21ClN2O3S2/c1-17-8-6-13-21(14-17)28(2)33(30,31)24-22(18-9-4-3-5-10-18)16-32-23(24)25(29)27-20-12-7-11-19(26)15-20/h3-16H,1-2H3,(H,27,29). The number of benzene rings is 3. The number of halogens is 1. The molecular weight excluding hydrogens is 476 g/mol. The van der Waals surface area contributed by atoms with Crippen molar-refractivity contribution in [2.45, 2.75) is 11.8 Å². The van der Waals surface area contributed by atoms with E-state index in [4.69, 9.17) is 11.6 Å². The van der Waals surface area contributed by atoms with E-state index in [1.165, 1.54) is 11.4 Å². The molecule has 1 aromatic heterocycles. The summed E-state index contributed by atoms with van der Waals surface area (Å²) >= 11 is 7.13. The highest BCUT2D eigenvalue weighted by molar-refractivity contribution is 7.93. The van der Waals surface area contributed by atoms with Crippen LogP contribution in [0.4, 0.5) is 11.4 Å². The van der Waals surface area contributed by atoms with Crippen LogP contribution in [-0.4, -0.2) is 21.4 Å². The number of anilines is 2. The monoisotopic (exact) mass is 496 g/mol. The van der Waals surface area contributed by atoms with Crippen molar-refractivity contribution in [2.75, 3.05) is 16.7 Å². The molecule has 0 aliphatic carbocycles. The number of hydrogen-bond donors (Lipinski definition) is 1. The number of sulfonamides is 1. The van der Waals surface area contributed by atoms with Crippen LogP contribution in [0.25, 0.3) is 11.1 Å². The Balaban J connectivity index is 1.84. The molecule has 33 heavy (non-hydrogen) atoms. The van der Waals surface area contributed by atoms with E-state index in [-0.39, 0.29) is 9.77 Å². The molecule has 0 saturated heterocycles. The topological polar surface area (TPSA) is 66.5 Å². The second-order valence-corrected chi connectivity index (χ2v) is 10.7. The van der Waals surface area contributed by atoms with Crippen LogP contribution >= 0.6 is 22.9 Å². The minimum absolute atomic E-state index is 0.0257. The third kappa shape index (κ3) is 4.80. The fourth-order valence-corrected chi connectivity index (χ4v) is 6.47. The molecule has 0 spiro atoms. The molecule has 0 saturated carbocycles. The Hall–Kier alpha value is -3.13. The van der Waals surface area contributed by atoms with Gasteiger partial charge in [-0.2, -0.15) is 0 Å². The van der Waals surface area contributed by atoms with Crippen LogP contribution in [0.15, 0.2) is 89.1 Å². The van der Waals surface area contributed by atoms with Crippen molar-refractivity contribution < 1.29 is 13.2 Å². The molecule has 0 bridgehead atoms. The number of hydrogen-bond acceptors (Lipinski definition) is 4. The zero-order valence-corrected chi connectivity index (χ0v) is 20.3. The van der Waals surface area contributed by atoms with Gasteiger partial charge in [0.15, 0.2) is 0 Å². The second kappa shape index (κ2) is 9.39. The van der Waals surface area contributed by atoms with E-state index in [0.717, 1.165) is 16.9 Å². The van der Waals surface area contributed by atoms with E-state index in [1.54, 1.807) is 47.8 Å². The predicted octanol–water partition coefficient (Wildman–Crippen LogP) is 6.45. The van der Waals surface area contributed by atoms with Crippen LogP contribution in [-0.2, 0) is 10.0 Å². The first-order chi connectivity index (χ1) is 15.8. The van der Waals surface area contributed by atoms with Crippen LogP contribution in [0, 0.1) is 6.92 Å². The molecule has 5 nitrogen and oxygen atoms in total. The summed E-state index contributed by atoms with van der Waals surface area (Å²) in [5.41, 5.74) is 3.13. The summed E-state index contributed by atoms with van der Waals surface area (Å²) in [5.74, 6) is -0.513. The van der Waals surface area contributed by atoms with Gasteiger partial charge in [-0.3, -0.25) is 9.10 Å². The van der Waals surface area contributed by atoms with Crippen molar-refractivity contribution in [3.05, 3.63) is 99.7 Å². The molecule has 0 fully saturated rings. The Morgan fingerprint density at radius 1 is 0.970 bits per heavy atom. The molecule has 0 unspecified atom stereocenters. The van der Waals surface area contributed by atoms with Crippen molar-refractivity contribution in [1.29, 1.82) is 0 Å². The smallest absolute Gasteiger partial charge is 0.267 e. The van der Waals surface area contributed by atoms with Gasteiger partial charge in [0.2, 0.25) is 0 Å². The van der Waals surface area contributed by atoms with Gasteiger partial charge in [-0.1, -0.05) is 60.1 Å². The van der Waals surface area contributed by atoms with Crippen molar-refractivity contribution in [3.8, 4) is 11.1 Å². The van der Waals surface area contributed by atoms with E-state index in [9.17, 15) is 13.2 Å². The van der Waals surface area contributed by atoms with Crippen LogP contribution in [0.5, 0.6) is 0 Å². The lowest BCUT2D eigenvalue weighted by molar-refractivity contribution is 0.102. The molecule has 4 aromatic rings. The Bertz CT molecular complexity index is 1420. The van der Waals surface area contributed by atoms with Gasteiger partial charge < -0.3 is 5.32 Å². The number of aryl methyl sites for hydroxylation is 1. The fraction of sp³-hybridized carbons (Fsp3) is 0.0800. The van der Waals surface area contributed by atoms with Crippen LogP contribution in [0.3, 0.4) is 0 Å². The average Bonchev–Trinajstić information content (AvgIpc) is 3.25. The average molecular weight is 497 g/mol. The zero-order valence-electron chi connectivity index (χ0n) is 17.9. The van der Waals surface area contributed by atoms with Crippen molar-refractivity contribution in [2.24, 2.45) is 0 Å². The third-order valence-electron chi connectivity index (χ3n) is 5.10. The number of nitrogens with one attached hydrogen (secondary N) is 1. The van der Waals surface area contributed by atoms with Crippen molar-refractivity contribution in [1.82, 2.24) is 0 Å². The van der Waals surface area contributed by atoms with Gasteiger partial charge in [-0.05, 0) is 48.4 Å². The second-order valence-electron chi connectivity index (χ2n) is 7.45. The number of nitrogens with zero attached hydrogens (tertiary/aromatic N) is 1. The highest BCUT2D eigenvalue weighted by Gasteiger charge is 2.32. The lowest BCUT2D eigenvalue weighted by Crippen LogP contribution is -2.28. The van der Waals surface area contributed by atoms with Crippen LogP contribution < -0.4 is 9.62 Å². The molecule has 3 aromatic carbocycles. The summed E-state index contributed by atoms with van der Waals surface area (Å²) in [6, 6.07) is 23.1. The summed E-state index contributed by atoms with van der Waals surface area (Å²) < 4.78 is 28.9. The Labute approximate surface area is 202 Å². The SMILES string of the molecule is Cc1cccc(N(C)S(=O)(=O)c2c(-c3ccccc3)csc2C(=O)Nc2cccc(Cl)c2)c1. The van der Waals surface area contributed by atoms with Gasteiger partial charge in [-0.15, -0.1) is 11.3 Å². The van der Waals surface area contributed by atoms with Gasteiger partial charge in [0.05, 0.1) is 5.69 Å². The van der Waals surface area contributed by atoms with Crippen molar-refractivity contribution in [3.63, 3.8) is 0 Å². The first kappa shape index (κ1) is 23.0. The molecule has 1 N–H and O–H groups in total. The summed E-state index contributed by atoms with van der Waals surface area (Å²) in [7, 11) is -2.57. The number of amides is 1. The molecular formula is C25H21ClN2O3S2. The van der Waals surface area contributed by atoms with E-state index < -0.39 is 15.9 Å². The molecule has 1 amide bonds. The quantitative estimate of drug-likeness (QED) is 0.333. The maximum absolute atomic E-state index is 13.9. The van der Waals surface area contributed by atoms with E-state index in [0.29, 0.717) is 27.5 Å². The van der Waals surface area contributed by atoms with Gasteiger partial charge in [0.1, 0.15) is 9.77 Å². The number of carbonyl (C=O) groups is 1. The Morgan fingerprint density at radius 2 is 1.70 bits per heavy atom. The minimum Gasteiger partial charge on any atom is -0.321 e. The van der Waals surface area contributed by atoms with Gasteiger partial charge in [0, 0.05) is 28.7 Å². The normalized spacial score (nSPS) is 11.2. The number of rotatable bonds is 6. The van der Waals surface area contributed by atoms with Crippen molar-refractivity contribution >= 4 is 50.2 Å². The lowest BCUT2D eigenvalue weighted by atomic mass is 10.1. The van der Waals surface area contributed by atoms with Gasteiger partial charge in [-0.25, -0.2) is 8.42 Å². The molecule has 0 radical (unpaired) electrons. The summed E-state index contributed by atoms with van der Waals surface area (Å²) in [5, 5.41) is 4.94. The maximum atomic E-state index is 13.9. The van der Waals surface area contributed by atoms with Crippen LogP contribution in [0.1, 0.15) is 15.2 Å². The maximum Gasteiger partial charge on any atom is 0.267 e. The van der Waals surface area contributed by atoms with Gasteiger partial charge in [0.25, 0.3) is 15.9 Å². The molecule has 8 heteroatoms. The highest BCUT2D eigenvalue weighted by Crippen LogP contribution is 2.38. The van der Waals surface area contributed by atoms with E-state index in [2.05, 4.69) is 5.32 Å². The first-order valence-electron chi connectivity index (χ1n) is 10.1. The Kier molecular flexibility index (Phi) is 6.56. The largest absolute Gasteiger partial charge is 0.321 e. The van der Waals surface area contributed by atoms with E-state index in [1.807, 2.05) is 43.3 Å². The third-order valence-corrected chi connectivity index (χ3v) is 8.32. The van der Waals surface area contributed by atoms with Crippen LogP contribution in [0.2, 0.25) is 5.02 Å². The summed E-state index contributed by atoms with van der Waals surface area (Å²) in [4.78, 5) is 13.3. The van der Waals surface area contributed by atoms with E-state index >= 15 is 0 Å². The Morgan fingerprint density at radius 3 is 2.39 bits per heavy atom. The number of thiophene rings is 1. The molecule has 0 atom stereocenters. The molecule has 1 heterocycles. The molecule has 168 valence electrons. The number of carbonyl (C=O) groups excluding carboxylic acids is 1. The summed E-state index contributed by atoms with van der Waals surface area (Å²) in [6.45, 7) is 1.90. The summed E-state index contributed by atoms with van der Waals surface area (Å²) in [6.07, 6.45) is 0. The zero-order chi connectivity index (χ0) is 23.6. The van der Waals surface area contributed by atoms with Gasteiger partial charge >= 0.3 is 0 Å². The molecule has 0 aliphatic rings. The molecule has 0 aliphatic heterocycles. The fourth-order valence-electron chi connectivity index (χ4n) is 3.43. The first-order valence-corrected chi connectivity index (χ1v) is 12.8. The highest BCUT2D eigenvalue weighted by atomic mass is 35.5. The molecule has 4 rings (SSSR count). The lowest BCUT2D eigenvalue weighted by Gasteiger charge is -2.21.